The van der Waals surface area contributed by atoms with Gasteiger partial charge < -0.3 is 5.32 Å². The molecule has 1 aliphatic carbocycles. The number of hydrogen-bond acceptors (Lipinski definition) is 7. The first-order valence-electron chi connectivity index (χ1n) is 12.3. The number of halogens is 4. The maximum atomic E-state index is 14.9. The van der Waals surface area contributed by atoms with Crippen LogP contribution in [0, 0.1) is 17.7 Å². The van der Waals surface area contributed by atoms with Gasteiger partial charge in [0.25, 0.3) is 12.3 Å². The Labute approximate surface area is 230 Å². The van der Waals surface area contributed by atoms with Crippen molar-refractivity contribution in [3.05, 3.63) is 77.0 Å². The lowest BCUT2D eigenvalue weighted by Crippen LogP contribution is -2.29. The van der Waals surface area contributed by atoms with E-state index in [0.717, 1.165) is 24.8 Å². The zero-order valence-corrected chi connectivity index (χ0v) is 21.6. The third kappa shape index (κ3) is 4.55. The second-order valence-electron chi connectivity index (χ2n) is 9.59. The molecule has 0 radical (unpaired) electrons. The summed E-state index contributed by atoms with van der Waals surface area (Å²) in [4.78, 5) is 43.6. The van der Waals surface area contributed by atoms with E-state index >= 15 is 0 Å². The molecule has 1 saturated carbocycles. The van der Waals surface area contributed by atoms with Gasteiger partial charge in [-0.1, -0.05) is 17.7 Å². The molecule has 0 unspecified atom stereocenters. The highest BCUT2D eigenvalue weighted by atomic mass is 35.5. The molecule has 2 amide bonds. The van der Waals surface area contributed by atoms with E-state index in [9.17, 15) is 22.8 Å². The molecular weight excluding hydrogens is 549 g/mol. The van der Waals surface area contributed by atoms with Crippen LogP contribution < -0.4 is 10.2 Å². The number of nitrogens with one attached hydrogen (secondary N) is 1. The van der Waals surface area contributed by atoms with E-state index in [1.807, 2.05) is 6.92 Å². The van der Waals surface area contributed by atoms with E-state index in [2.05, 4.69) is 30.4 Å². The zero-order valence-electron chi connectivity index (χ0n) is 20.8. The molecule has 10 nitrogen and oxygen atoms in total. The van der Waals surface area contributed by atoms with Gasteiger partial charge in [0.05, 0.1) is 22.9 Å². The van der Waals surface area contributed by atoms with E-state index in [1.54, 1.807) is 28.2 Å². The van der Waals surface area contributed by atoms with E-state index in [-0.39, 0.29) is 34.9 Å². The number of rotatable bonds is 7. The largest absolute Gasteiger partial charge is 0.318 e. The van der Waals surface area contributed by atoms with Gasteiger partial charge in [0.2, 0.25) is 11.9 Å². The molecular formula is C26H20ClF3N8O2. The van der Waals surface area contributed by atoms with Crippen LogP contribution in [-0.2, 0) is 4.79 Å². The molecule has 6 rings (SSSR count). The van der Waals surface area contributed by atoms with E-state index in [0.29, 0.717) is 24.0 Å². The first-order valence-corrected chi connectivity index (χ1v) is 12.7. The Morgan fingerprint density at radius 2 is 1.88 bits per heavy atom. The van der Waals surface area contributed by atoms with Crippen molar-refractivity contribution in [2.24, 2.45) is 11.8 Å². The van der Waals surface area contributed by atoms with Gasteiger partial charge in [-0.2, -0.15) is 5.10 Å². The third-order valence-electron chi connectivity index (χ3n) is 7.07. The van der Waals surface area contributed by atoms with Crippen molar-refractivity contribution in [3.63, 3.8) is 0 Å². The van der Waals surface area contributed by atoms with Crippen LogP contribution in [0.25, 0.3) is 11.3 Å². The molecule has 1 N–H and O–H groups in total. The normalized spacial score (nSPS) is 18.6. The van der Waals surface area contributed by atoms with Gasteiger partial charge in [-0.05, 0) is 25.3 Å². The molecule has 4 aromatic rings. The predicted octanol–water partition coefficient (Wildman–Crippen LogP) is 4.70. The van der Waals surface area contributed by atoms with E-state index in [1.165, 1.54) is 12.4 Å². The van der Waals surface area contributed by atoms with Gasteiger partial charge in [0.1, 0.15) is 5.69 Å². The monoisotopic (exact) mass is 568 g/mol. The van der Waals surface area contributed by atoms with Crippen LogP contribution in [0.2, 0.25) is 5.02 Å². The molecule has 40 heavy (non-hydrogen) atoms. The summed E-state index contributed by atoms with van der Waals surface area (Å²) in [6.45, 7) is 2.49. The number of nitrogens with zero attached hydrogens (tertiary/aromatic N) is 7. The first-order chi connectivity index (χ1) is 19.2. The van der Waals surface area contributed by atoms with Gasteiger partial charge in [-0.25, -0.2) is 28.1 Å². The lowest BCUT2D eigenvalue weighted by Gasteiger charge is -2.17. The summed E-state index contributed by atoms with van der Waals surface area (Å²) in [6.07, 6.45) is 6.43. The van der Waals surface area contributed by atoms with Crippen molar-refractivity contribution < 1.29 is 22.8 Å². The second-order valence-corrected chi connectivity index (χ2v) is 9.99. The number of alkyl halides is 2. The Hall–Kier alpha value is -4.39. The zero-order chi connectivity index (χ0) is 28.1. The van der Waals surface area contributed by atoms with Crippen molar-refractivity contribution in [2.45, 2.75) is 25.8 Å². The molecule has 2 aliphatic rings. The van der Waals surface area contributed by atoms with Crippen LogP contribution in [0.5, 0.6) is 0 Å². The molecule has 14 heteroatoms. The summed E-state index contributed by atoms with van der Waals surface area (Å²) in [5.41, 5.74) is -1.02. The number of benzene rings is 1. The highest BCUT2D eigenvalue weighted by Crippen LogP contribution is 2.46. The highest BCUT2D eigenvalue weighted by molar-refractivity contribution is 6.31. The summed E-state index contributed by atoms with van der Waals surface area (Å²) in [7, 11) is 0. The molecule has 3 aromatic heterocycles. The minimum Gasteiger partial charge on any atom is -0.318 e. The average Bonchev–Trinajstić information content (AvgIpc) is 3.45. The van der Waals surface area contributed by atoms with Gasteiger partial charge in [0, 0.05) is 60.1 Å². The fourth-order valence-electron chi connectivity index (χ4n) is 4.78. The van der Waals surface area contributed by atoms with Crippen LogP contribution in [0.1, 0.15) is 47.4 Å². The van der Waals surface area contributed by atoms with Crippen LogP contribution in [-0.4, -0.2) is 48.1 Å². The molecule has 1 aromatic carbocycles. The molecule has 2 fully saturated rings. The number of fused-ring (bicyclic) bond motifs is 1. The lowest BCUT2D eigenvalue weighted by atomic mass is 10.0. The molecule has 4 heterocycles. The maximum Gasteiger partial charge on any atom is 0.276 e. The van der Waals surface area contributed by atoms with Crippen LogP contribution in [0.15, 0.2) is 49.3 Å². The van der Waals surface area contributed by atoms with Gasteiger partial charge in [-0.3, -0.25) is 24.2 Å². The van der Waals surface area contributed by atoms with Crippen molar-refractivity contribution in [1.82, 2.24) is 29.7 Å². The number of carbonyl (C=O) groups is 2. The number of anilines is 2. The Kier molecular flexibility index (Phi) is 6.45. The summed E-state index contributed by atoms with van der Waals surface area (Å²) in [5, 5.41) is 6.48. The Bertz CT molecular complexity index is 1630. The smallest absolute Gasteiger partial charge is 0.276 e. The summed E-state index contributed by atoms with van der Waals surface area (Å²) >= 11 is 5.83. The Morgan fingerprint density at radius 1 is 1.12 bits per heavy atom. The highest BCUT2D eigenvalue weighted by Gasteiger charge is 2.53. The molecule has 0 spiro atoms. The molecule has 3 atom stereocenters. The van der Waals surface area contributed by atoms with Crippen LogP contribution in [0.3, 0.4) is 0 Å². The van der Waals surface area contributed by atoms with Crippen molar-refractivity contribution in [1.29, 1.82) is 0 Å². The fraction of sp³-hybridized carbons (Fsp3) is 0.269. The molecule has 0 bridgehead atoms. The number of hydrogen-bond donors (Lipinski definition) is 1. The minimum absolute atomic E-state index is 0.0630. The topological polar surface area (TPSA) is 119 Å². The molecule has 1 saturated heterocycles. The van der Waals surface area contributed by atoms with Gasteiger partial charge >= 0.3 is 0 Å². The summed E-state index contributed by atoms with van der Waals surface area (Å²) in [5.74, 6) is -0.999. The van der Waals surface area contributed by atoms with E-state index in [4.69, 9.17) is 11.6 Å². The summed E-state index contributed by atoms with van der Waals surface area (Å²) in [6, 6.07) is 1.67. The van der Waals surface area contributed by atoms with E-state index < -0.39 is 34.3 Å². The average molecular weight is 569 g/mol. The van der Waals surface area contributed by atoms with Crippen molar-refractivity contribution >= 4 is 35.1 Å². The molecule has 1 aliphatic heterocycles. The number of carbonyl (C=O) groups excluding carboxylic acids is 2. The van der Waals surface area contributed by atoms with Gasteiger partial charge in [-0.15, -0.1) is 0 Å². The first kappa shape index (κ1) is 25.9. The maximum absolute atomic E-state index is 14.9. The number of amides is 2. The number of piperidine rings is 1. The Morgan fingerprint density at radius 3 is 2.58 bits per heavy atom. The van der Waals surface area contributed by atoms with Crippen molar-refractivity contribution in [3.8, 4) is 11.3 Å². The number of aromatic nitrogens is 6. The van der Waals surface area contributed by atoms with Crippen LogP contribution >= 0.6 is 11.6 Å². The van der Waals surface area contributed by atoms with Crippen LogP contribution in [0.4, 0.5) is 24.8 Å². The third-order valence-corrected chi connectivity index (χ3v) is 7.37. The fourth-order valence-corrected chi connectivity index (χ4v) is 4.93. The predicted molar refractivity (Wildman–Crippen MR) is 137 cm³/mol. The second kappa shape index (κ2) is 9.97. The minimum atomic E-state index is -3.04. The standard InChI is InChI=1S/C26H20ClF3N8O2/c1-12(14-7-33-26(34-8-14)37-10-13-6-17(13)25(37)40)38-11-15(9-35-38)36-24(39)22-21(31-4-5-32-22)19-16(23(29)30)2-3-18(27)20(19)28/h2-5,7-9,11-13,17,23H,6,10H2,1H3,(H,36,39)/t12-,13+,17+/m0/s1. The lowest BCUT2D eigenvalue weighted by molar-refractivity contribution is -0.118. The van der Waals surface area contributed by atoms with Crippen molar-refractivity contribution in [2.75, 3.05) is 16.8 Å². The summed E-state index contributed by atoms with van der Waals surface area (Å²) < 4.78 is 43.8. The van der Waals surface area contributed by atoms with Gasteiger partial charge in [0.15, 0.2) is 11.5 Å². The Balaban J connectivity index is 1.20. The quantitative estimate of drug-likeness (QED) is 0.343. The molecule has 204 valence electrons. The SMILES string of the molecule is C[C@@H](c1cnc(N2C[C@H]3C[C@H]3C2=O)nc1)n1cc(NC(=O)c2nccnc2-c2c(C(F)F)ccc(Cl)c2F)cn1.